The Labute approximate surface area is 79.1 Å². The van der Waals surface area contributed by atoms with Crippen LogP contribution < -0.4 is 11.1 Å². The Balaban J connectivity index is 2.29. The molecule has 3 nitrogen and oxygen atoms in total. The van der Waals surface area contributed by atoms with Gasteiger partial charge in [-0.2, -0.15) is 0 Å². The lowest BCUT2D eigenvalue weighted by Crippen LogP contribution is -2.39. The van der Waals surface area contributed by atoms with Gasteiger partial charge in [0.2, 0.25) is 0 Å². The van der Waals surface area contributed by atoms with Gasteiger partial charge in [-0.3, -0.25) is 4.79 Å². The Morgan fingerprint density at radius 2 is 2.00 bits per heavy atom. The molecule has 0 aliphatic heterocycles. The minimum absolute atomic E-state index is 0.164. The number of nitrogens with one attached hydrogen (secondary N) is 1. The summed E-state index contributed by atoms with van der Waals surface area (Å²) in [7, 11) is 0. The van der Waals surface area contributed by atoms with Gasteiger partial charge in [0, 0.05) is 12.1 Å². The summed E-state index contributed by atoms with van der Waals surface area (Å²) < 4.78 is 0. The zero-order valence-electron chi connectivity index (χ0n) is 7.97. The number of nitrogens with two attached hydrogens (primary N) is 1. The first-order valence-electron chi connectivity index (χ1n) is 4.71. The molecule has 0 spiro atoms. The molecule has 1 fully saturated rings. The predicted octanol–water partition coefficient (Wildman–Crippen LogP) is 0.396. The average molecular weight is 180 g/mol. The molecule has 0 aromatic rings. The molecule has 1 aliphatic carbocycles. The second-order valence-corrected chi connectivity index (χ2v) is 3.46. The molecule has 13 heavy (non-hydrogen) atoms. The van der Waals surface area contributed by atoms with Crippen molar-refractivity contribution in [3.05, 3.63) is 0 Å². The van der Waals surface area contributed by atoms with Crippen LogP contribution in [0.4, 0.5) is 0 Å². The highest BCUT2D eigenvalue weighted by molar-refractivity contribution is 5.93. The highest BCUT2D eigenvalue weighted by atomic mass is 16.1. The van der Waals surface area contributed by atoms with Gasteiger partial charge < -0.3 is 11.1 Å². The van der Waals surface area contributed by atoms with Crippen LogP contribution in [0.1, 0.15) is 32.6 Å². The van der Waals surface area contributed by atoms with E-state index in [4.69, 9.17) is 5.73 Å². The summed E-state index contributed by atoms with van der Waals surface area (Å²) in [6, 6.07) is 0.610. The number of hydrogen-bond acceptors (Lipinski definition) is 2. The Hall–Kier alpha value is -1.01. The highest BCUT2D eigenvalue weighted by Crippen LogP contribution is 2.16. The van der Waals surface area contributed by atoms with Crippen molar-refractivity contribution in [3.8, 4) is 11.8 Å². The maximum Gasteiger partial charge on any atom is 0.296 e. The topological polar surface area (TPSA) is 55.1 Å². The Bertz CT molecular complexity index is 231. The fraction of sp³-hybridized carbons (Fsp3) is 0.700. The van der Waals surface area contributed by atoms with Gasteiger partial charge in [0.05, 0.1) is 0 Å². The molecule has 0 aromatic heterocycles. The SMILES string of the molecule is CC#CC(=O)NC1CCC(N)CC1. The number of rotatable bonds is 1. The fourth-order valence-electron chi connectivity index (χ4n) is 1.60. The maximum absolute atomic E-state index is 11.1. The van der Waals surface area contributed by atoms with Gasteiger partial charge in [0.15, 0.2) is 0 Å². The first-order chi connectivity index (χ1) is 6.22. The zero-order chi connectivity index (χ0) is 9.68. The molecule has 0 bridgehead atoms. The quantitative estimate of drug-likeness (QED) is 0.574. The van der Waals surface area contributed by atoms with Crippen molar-refractivity contribution < 1.29 is 4.79 Å². The van der Waals surface area contributed by atoms with E-state index < -0.39 is 0 Å². The second kappa shape index (κ2) is 4.88. The van der Waals surface area contributed by atoms with Gasteiger partial charge in [-0.05, 0) is 38.5 Å². The third kappa shape index (κ3) is 3.47. The van der Waals surface area contributed by atoms with E-state index >= 15 is 0 Å². The van der Waals surface area contributed by atoms with Crippen molar-refractivity contribution in [2.24, 2.45) is 5.73 Å². The number of amides is 1. The van der Waals surface area contributed by atoms with Crippen molar-refractivity contribution in [2.45, 2.75) is 44.7 Å². The Morgan fingerprint density at radius 1 is 1.38 bits per heavy atom. The van der Waals surface area contributed by atoms with Gasteiger partial charge in [-0.15, -0.1) is 0 Å². The second-order valence-electron chi connectivity index (χ2n) is 3.46. The van der Waals surface area contributed by atoms with Crippen molar-refractivity contribution in [3.63, 3.8) is 0 Å². The minimum atomic E-state index is -0.164. The van der Waals surface area contributed by atoms with Crippen molar-refractivity contribution >= 4 is 5.91 Å². The minimum Gasteiger partial charge on any atom is -0.343 e. The molecule has 72 valence electrons. The molecule has 0 atom stereocenters. The number of carbonyl (C=O) groups excluding carboxylic acids is 1. The van der Waals surface area contributed by atoms with Crippen LogP contribution in [0.15, 0.2) is 0 Å². The van der Waals surface area contributed by atoms with Crippen LogP contribution >= 0.6 is 0 Å². The summed E-state index contributed by atoms with van der Waals surface area (Å²) in [4.78, 5) is 11.1. The lowest BCUT2D eigenvalue weighted by atomic mass is 9.92. The molecular formula is C10H16N2O. The molecule has 0 heterocycles. The van der Waals surface area contributed by atoms with Crippen molar-refractivity contribution in [1.82, 2.24) is 5.32 Å². The van der Waals surface area contributed by atoms with Crippen LogP contribution in [0.5, 0.6) is 0 Å². The van der Waals surface area contributed by atoms with Gasteiger partial charge in [-0.25, -0.2) is 0 Å². The lowest BCUT2D eigenvalue weighted by molar-refractivity contribution is -0.116. The van der Waals surface area contributed by atoms with E-state index in [0.29, 0.717) is 6.04 Å². The average Bonchev–Trinajstić information content (AvgIpc) is 2.09. The molecule has 1 rings (SSSR count). The maximum atomic E-state index is 11.1. The van der Waals surface area contributed by atoms with E-state index in [1.807, 2.05) is 0 Å². The third-order valence-corrected chi connectivity index (χ3v) is 2.35. The van der Waals surface area contributed by atoms with Gasteiger partial charge >= 0.3 is 0 Å². The monoisotopic (exact) mass is 180 g/mol. The summed E-state index contributed by atoms with van der Waals surface area (Å²) in [5.41, 5.74) is 5.75. The molecular weight excluding hydrogens is 164 g/mol. The summed E-state index contributed by atoms with van der Waals surface area (Å²) in [5.74, 6) is 4.89. The van der Waals surface area contributed by atoms with Crippen LogP contribution in [0.2, 0.25) is 0 Å². The van der Waals surface area contributed by atoms with E-state index in [2.05, 4.69) is 17.2 Å². The van der Waals surface area contributed by atoms with E-state index in [1.54, 1.807) is 6.92 Å². The summed E-state index contributed by atoms with van der Waals surface area (Å²) in [5, 5.41) is 2.87. The number of carbonyl (C=O) groups is 1. The lowest BCUT2D eigenvalue weighted by Gasteiger charge is -2.25. The molecule has 0 radical (unpaired) electrons. The molecule has 0 unspecified atom stereocenters. The molecule has 3 N–H and O–H groups in total. The van der Waals surface area contributed by atoms with E-state index in [9.17, 15) is 4.79 Å². The third-order valence-electron chi connectivity index (χ3n) is 2.35. The zero-order valence-corrected chi connectivity index (χ0v) is 7.97. The van der Waals surface area contributed by atoms with Crippen LogP contribution in [-0.2, 0) is 4.79 Å². The van der Waals surface area contributed by atoms with Crippen molar-refractivity contribution in [1.29, 1.82) is 0 Å². The standard InChI is InChI=1S/C10H16N2O/c1-2-3-10(13)12-9-6-4-8(11)5-7-9/h8-9H,4-7,11H2,1H3,(H,12,13). The molecule has 1 aliphatic rings. The molecule has 0 aromatic carbocycles. The molecule has 1 saturated carbocycles. The smallest absolute Gasteiger partial charge is 0.296 e. The fourth-order valence-corrected chi connectivity index (χ4v) is 1.60. The van der Waals surface area contributed by atoms with Crippen LogP contribution in [-0.4, -0.2) is 18.0 Å². The Morgan fingerprint density at radius 3 is 2.54 bits per heavy atom. The highest BCUT2D eigenvalue weighted by Gasteiger charge is 2.18. The molecule has 1 amide bonds. The van der Waals surface area contributed by atoms with Crippen LogP contribution in [0.3, 0.4) is 0 Å². The van der Waals surface area contributed by atoms with Gasteiger partial charge in [-0.1, -0.05) is 5.92 Å². The first kappa shape index (κ1) is 10.1. The Kier molecular flexibility index (Phi) is 3.78. The molecule has 0 saturated heterocycles. The van der Waals surface area contributed by atoms with E-state index in [-0.39, 0.29) is 11.9 Å². The first-order valence-corrected chi connectivity index (χ1v) is 4.71. The summed E-state index contributed by atoms with van der Waals surface area (Å²) in [6.07, 6.45) is 3.98. The van der Waals surface area contributed by atoms with E-state index in [1.165, 1.54) is 0 Å². The van der Waals surface area contributed by atoms with Gasteiger partial charge in [0.25, 0.3) is 5.91 Å². The molecule has 3 heteroatoms. The van der Waals surface area contributed by atoms with Gasteiger partial charge in [0.1, 0.15) is 0 Å². The number of hydrogen-bond donors (Lipinski definition) is 2. The van der Waals surface area contributed by atoms with E-state index in [0.717, 1.165) is 25.7 Å². The van der Waals surface area contributed by atoms with Crippen LogP contribution in [0.25, 0.3) is 0 Å². The van der Waals surface area contributed by atoms with Crippen LogP contribution in [0, 0.1) is 11.8 Å². The summed E-state index contributed by atoms with van der Waals surface area (Å²) >= 11 is 0. The predicted molar refractivity (Wildman–Crippen MR) is 51.8 cm³/mol. The van der Waals surface area contributed by atoms with Crippen molar-refractivity contribution in [2.75, 3.05) is 0 Å². The largest absolute Gasteiger partial charge is 0.343 e. The normalized spacial score (nSPS) is 27.2. The summed E-state index contributed by atoms with van der Waals surface area (Å²) in [6.45, 7) is 1.66.